The van der Waals surface area contributed by atoms with Crippen LogP contribution in [0.25, 0.3) is 10.9 Å². The van der Waals surface area contributed by atoms with E-state index in [9.17, 15) is 0 Å². The summed E-state index contributed by atoms with van der Waals surface area (Å²) in [6.45, 7) is 1.04. The van der Waals surface area contributed by atoms with Crippen molar-refractivity contribution in [1.82, 2.24) is 10.3 Å². The molecule has 2 N–H and O–H groups in total. The maximum Gasteiger partial charge on any atom is 0.0476 e. The van der Waals surface area contributed by atoms with Crippen LogP contribution in [0.15, 0.2) is 48.5 Å². The quantitative estimate of drug-likeness (QED) is 0.531. The third-order valence-corrected chi connectivity index (χ3v) is 6.96. The molecule has 146 valence electrons. The second kappa shape index (κ2) is 8.13. The number of hydrogen-bond acceptors (Lipinski definition) is 1. The van der Waals surface area contributed by atoms with Crippen molar-refractivity contribution in [1.29, 1.82) is 0 Å². The van der Waals surface area contributed by atoms with Gasteiger partial charge < -0.3 is 10.3 Å². The molecular weight excluding hydrogens is 340 g/mol. The number of aryl methyl sites for hydroxylation is 1. The summed E-state index contributed by atoms with van der Waals surface area (Å²) in [5, 5.41) is 5.33. The molecule has 1 fully saturated rings. The molecule has 0 amide bonds. The maximum atomic E-state index is 3.83. The second-order valence-corrected chi connectivity index (χ2v) is 8.79. The molecule has 1 aromatic heterocycles. The SMILES string of the molecule is c1ccc(CCNC2CCCc3c2[nH]c2ccc(C4CCCCC4)cc32)cc1. The molecule has 2 aliphatic rings. The van der Waals surface area contributed by atoms with Crippen molar-refractivity contribution in [2.45, 2.75) is 69.7 Å². The summed E-state index contributed by atoms with van der Waals surface area (Å²) in [5.74, 6) is 0.784. The first kappa shape index (κ1) is 18.0. The number of H-pyrrole nitrogens is 1. The molecule has 1 unspecified atom stereocenters. The highest BCUT2D eigenvalue weighted by atomic mass is 14.9. The summed E-state index contributed by atoms with van der Waals surface area (Å²) in [4.78, 5) is 3.78. The Bertz CT molecular complexity index is 918. The Morgan fingerprint density at radius 3 is 2.61 bits per heavy atom. The predicted molar refractivity (Wildman–Crippen MR) is 118 cm³/mol. The van der Waals surface area contributed by atoms with E-state index >= 15 is 0 Å². The van der Waals surface area contributed by atoms with Crippen LogP contribution in [0, 0.1) is 0 Å². The summed E-state index contributed by atoms with van der Waals surface area (Å²) < 4.78 is 0. The van der Waals surface area contributed by atoms with Crippen LogP contribution in [0.3, 0.4) is 0 Å². The standard InChI is InChI=1S/C26H32N2/c1-3-8-19(9-4-1)16-17-27-25-13-7-12-22-23-18-21(20-10-5-2-6-11-20)14-15-24(23)28-26(22)25/h1,3-4,8-9,14-15,18,20,25,27-28H,2,5-7,10-13,16-17H2. The minimum Gasteiger partial charge on any atom is -0.357 e. The lowest BCUT2D eigenvalue weighted by Crippen LogP contribution is -2.27. The van der Waals surface area contributed by atoms with Crippen LogP contribution < -0.4 is 5.32 Å². The van der Waals surface area contributed by atoms with Gasteiger partial charge in [-0.25, -0.2) is 0 Å². The van der Waals surface area contributed by atoms with E-state index in [0.29, 0.717) is 6.04 Å². The minimum absolute atomic E-state index is 0.470. The van der Waals surface area contributed by atoms with Gasteiger partial charge in [-0.05, 0) is 79.8 Å². The van der Waals surface area contributed by atoms with Crippen LogP contribution in [-0.2, 0) is 12.8 Å². The fraction of sp³-hybridized carbons (Fsp3) is 0.462. The lowest BCUT2D eigenvalue weighted by atomic mass is 9.83. The van der Waals surface area contributed by atoms with Gasteiger partial charge in [0.05, 0.1) is 0 Å². The molecule has 0 bridgehead atoms. The van der Waals surface area contributed by atoms with Crippen molar-refractivity contribution >= 4 is 10.9 Å². The average Bonchev–Trinajstić information content (AvgIpc) is 3.14. The van der Waals surface area contributed by atoms with E-state index in [2.05, 4.69) is 58.8 Å². The summed E-state index contributed by atoms with van der Waals surface area (Å²) in [6.07, 6.45) is 11.8. The zero-order valence-electron chi connectivity index (χ0n) is 16.8. The number of aromatic nitrogens is 1. The molecule has 3 aromatic rings. The van der Waals surface area contributed by atoms with Gasteiger partial charge in [0.1, 0.15) is 0 Å². The lowest BCUT2D eigenvalue weighted by molar-refractivity contribution is 0.444. The summed E-state index contributed by atoms with van der Waals surface area (Å²) >= 11 is 0. The van der Waals surface area contributed by atoms with E-state index in [0.717, 1.165) is 18.9 Å². The summed E-state index contributed by atoms with van der Waals surface area (Å²) in [5.41, 5.74) is 7.36. The lowest BCUT2D eigenvalue weighted by Gasteiger charge is -2.24. The Morgan fingerprint density at radius 1 is 0.893 bits per heavy atom. The molecule has 2 nitrogen and oxygen atoms in total. The van der Waals surface area contributed by atoms with Crippen LogP contribution in [0.4, 0.5) is 0 Å². The highest BCUT2D eigenvalue weighted by Gasteiger charge is 2.24. The third-order valence-electron chi connectivity index (χ3n) is 6.96. The van der Waals surface area contributed by atoms with E-state index in [1.807, 2.05) is 0 Å². The summed E-state index contributed by atoms with van der Waals surface area (Å²) in [7, 11) is 0. The van der Waals surface area contributed by atoms with E-state index < -0.39 is 0 Å². The Kier molecular flexibility index (Phi) is 5.22. The predicted octanol–water partition coefficient (Wildman–Crippen LogP) is 6.43. The topological polar surface area (TPSA) is 27.8 Å². The Morgan fingerprint density at radius 2 is 1.75 bits per heavy atom. The number of hydrogen-bond donors (Lipinski definition) is 2. The molecule has 28 heavy (non-hydrogen) atoms. The van der Waals surface area contributed by atoms with Gasteiger partial charge in [0.2, 0.25) is 0 Å². The van der Waals surface area contributed by atoms with E-state index in [-0.39, 0.29) is 0 Å². The van der Waals surface area contributed by atoms with Crippen LogP contribution in [0.5, 0.6) is 0 Å². The van der Waals surface area contributed by atoms with Crippen LogP contribution >= 0.6 is 0 Å². The molecule has 0 aliphatic heterocycles. The first-order valence-corrected chi connectivity index (χ1v) is 11.3. The van der Waals surface area contributed by atoms with Gasteiger partial charge in [0.15, 0.2) is 0 Å². The van der Waals surface area contributed by atoms with Gasteiger partial charge in [-0.1, -0.05) is 55.7 Å². The van der Waals surface area contributed by atoms with Crippen molar-refractivity contribution in [2.75, 3.05) is 6.54 Å². The maximum absolute atomic E-state index is 3.83. The van der Waals surface area contributed by atoms with Crippen LogP contribution in [-0.4, -0.2) is 11.5 Å². The molecule has 2 heteroatoms. The molecule has 1 saturated carbocycles. The van der Waals surface area contributed by atoms with Gasteiger partial charge in [0, 0.05) is 22.6 Å². The first-order chi connectivity index (χ1) is 13.9. The third kappa shape index (κ3) is 3.63. The number of aromatic amines is 1. The van der Waals surface area contributed by atoms with Crippen molar-refractivity contribution < 1.29 is 0 Å². The van der Waals surface area contributed by atoms with Crippen molar-refractivity contribution in [2.24, 2.45) is 0 Å². The van der Waals surface area contributed by atoms with Gasteiger partial charge in [0.25, 0.3) is 0 Å². The molecule has 0 radical (unpaired) electrons. The van der Waals surface area contributed by atoms with Crippen LogP contribution in [0.1, 0.15) is 79.3 Å². The normalized spacial score (nSPS) is 20.4. The van der Waals surface area contributed by atoms with E-state index in [1.54, 1.807) is 11.1 Å². The van der Waals surface area contributed by atoms with Crippen molar-refractivity contribution in [3.8, 4) is 0 Å². The fourth-order valence-corrected chi connectivity index (χ4v) is 5.41. The Balaban J connectivity index is 1.35. The van der Waals surface area contributed by atoms with Crippen molar-refractivity contribution in [3.63, 3.8) is 0 Å². The number of nitrogens with one attached hydrogen (secondary N) is 2. The van der Waals surface area contributed by atoms with Gasteiger partial charge >= 0.3 is 0 Å². The minimum atomic E-state index is 0.470. The number of benzene rings is 2. The molecule has 1 heterocycles. The number of fused-ring (bicyclic) bond motifs is 3. The van der Waals surface area contributed by atoms with E-state index in [1.165, 1.54) is 73.5 Å². The largest absolute Gasteiger partial charge is 0.357 e. The highest BCUT2D eigenvalue weighted by Crippen LogP contribution is 2.38. The zero-order valence-corrected chi connectivity index (χ0v) is 16.8. The number of rotatable bonds is 5. The molecule has 1 atom stereocenters. The molecular formula is C26H32N2. The second-order valence-electron chi connectivity index (χ2n) is 8.79. The fourth-order valence-electron chi connectivity index (χ4n) is 5.41. The van der Waals surface area contributed by atoms with Gasteiger partial charge in [-0.3, -0.25) is 0 Å². The van der Waals surface area contributed by atoms with Crippen molar-refractivity contribution in [3.05, 3.63) is 70.9 Å². The highest BCUT2D eigenvalue weighted by molar-refractivity contribution is 5.86. The molecule has 5 rings (SSSR count). The van der Waals surface area contributed by atoms with Gasteiger partial charge in [-0.15, -0.1) is 0 Å². The smallest absolute Gasteiger partial charge is 0.0476 e. The zero-order chi connectivity index (χ0) is 18.8. The van der Waals surface area contributed by atoms with Crippen LogP contribution in [0.2, 0.25) is 0 Å². The first-order valence-electron chi connectivity index (χ1n) is 11.3. The monoisotopic (exact) mass is 372 g/mol. The average molecular weight is 373 g/mol. The molecule has 2 aromatic carbocycles. The molecule has 0 spiro atoms. The van der Waals surface area contributed by atoms with E-state index in [4.69, 9.17) is 0 Å². The van der Waals surface area contributed by atoms with Gasteiger partial charge in [-0.2, -0.15) is 0 Å². The Hall–Kier alpha value is -2.06. The summed E-state index contributed by atoms with van der Waals surface area (Å²) in [6, 6.07) is 18.5. The Labute approximate surface area is 168 Å². The molecule has 0 saturated heterocycles. The molecule has 2 aliphatic carbocycles.